The second-order valence-corrected chi connectivity index (χ2v) is 20.7. The van der Waals surface area contributed by atoms with Crippen molar-refractivity contribution in [3.05, 3.63) is 95.1 Å². The molecule has 0 aliphatic carbocycles. The molecule has 3 saturated heterocycles. The number of hydrogen-bond donors (Lipinski definition) is 3. The first-order valence-electron chi connectivity index (χ1n) is 22.0. The molecule has 3 aliphatic heterocycles. The second kappa shape index (κ2) is 18.9. The molecule has 13 nitrogen and oxygen atoms in total. The molecule has 0 bridgehead atoms. The van der Waals surface area contributed by atoms with Crippen LogP contribution < -0.4 is 25.2 Å². The number of hydrogen-bond acceptors (Lipinski definition) is 12. The summed E-state index contributed by atoms with van der Waals surface area (Å²) < 4.78 is 59.3. The van der Waals surface area contributed by atoms with Gasteiger partial charge in [-0.3, -0.25) is 24.5 Å². The summed E-state index contributed by atoms with van der Waals surface area (Å²) in [5.74, 6) is -1.09. The third-order valence-electron chi connectivity index (χ3n) is 12.1. The number of thiazole rings is 1. The molecular formula is C47H55F2N9O4S2. The Bertz CT molecular complexity index is 2600. The molecule has 338 valence electrons. The van der Waals surface area contributed by atoms with Crippen LogP contribution in [0.2, 0.25) is 0 Å². The van der Waals surface area contributed by atoms with E-state index in [1.807, 2.05) is 39.0 Å². The highest BCUT2D eigenvalue weighted by Crippen LogP contribution is 2.42. The molecule has 64 heavy (non-hydrogen) atoms. The van der Waals surface area contributed by atoms with E-state index in [0.717, 1.165) is 74.9 Å². The van der Waals surface area contributed by atoms with Crippen LogP contribution in [0.5, 0.6) is 0 Å². The zero-order chi connectivity index (χ0) is 45.2. The Morgan fingerprint density at radius 1 is 0.891 bits per heavy atom. The van der Waals surface area contributed by atoms with Gasteiger partial charge in [0.15, 0.2) is 5.82 Å². The first-order valence-corrected chi connectivity index (χ1v) is 24.5. The topological polar surface area (TPSA) is 153 Å². The SMILES string of the molecule is CCCS(=O)(=O)Nc1cccc(-c2nc(C(C)(C)C)sc2-c2ccnc(Nc3ccc(N4CCN(CC5CCN(c6ccc([C@H]7CCC(=O)NC7=O)cc6)CC5)CC4)c(F)c3)n2)c1F. The zero-order valence-electron chi connectivity index (χ0n) is 36.7. The van der Waals surface area contributed by atoms with Gasteiger partial charge in [-0.1, -0.05) is 45.9 Å². The van der Waals surface area contributed by atoms with Gasteiger partial charge in [0.1, 0.15) is 5.82 Å². The van der Waals surface area contributed by atoms with Crippen molar-refractivity contribution in [2.75, 3.05) is 71.4 Å². The van der Waals surface area contributed by atoms with Crippen LogP contribution >= 0.6 is 11.3 Å². The molecule has 2 amide bonds. The summed E-state index contributed by atoms with van der Waals surface area (Å²) in [6.07, 6.45) is 5.06. The highest BCUT2D eigenvalue weighted by Gasteiger charge is 2.30. The fourth-order valence-electron chi connectivity index (χ4n) is 8.63. The van der Waals surface area contributed by atoms with E-state index in [9.17, 15) is 18.0 Å². The number of piperidine rings is 2. The maximum atomic E-state index is 16.1. The lowest BCUT2D eigenvalue weighted by atomic mass is 9.90. The number of halogens is 2. The van der Waals surface area contributed by atoms with Crippen molar-refractivity contribution >= 4 is 61.9 Å². The number of nitrogens with one attached hydrogen (secondary N) is 3. The minimum absolute atomic E-state index is 0.133. The lowest BCUT2D eigenvalue weighted by Gasteiger charge is -2.40. The maximum absolute atomic E-state index is 16.1. The van der Waals surface area contributed by atoms with E-state index >= 15 is 8.78 Å². The Morgan fingerprint density at radius 2 is 1.64 bits per heavy atom. The Hall–Kier alpha value is -5.52. The first kappa shape index (κ1) is 45.1. The van der Waals surface area contributed by atoms with Crippen molar-refractivity contribution < 1.29 is 26.8 Å². The van der Waals surface area contributed by atoms with Crippen molar-refractivity contribution in [1.29, 1.82) is 0 Å². The minimum Gasteiger partial charge on any atom is -0.372 e. The van der Waals surface area contributed by atoms with Crippen LogP contribution in [0.15, 0.2) is 72.9 Å². The average molecular weight is 912 g/mol. The van der Waals surface area contributed by atoms with Gasteiger partial charge >= 0.3 is 0 Å². The summed E-state index contributed by atoms with van der Waals surface area (Å²) in [6, 6.07) is 19.5. The standard InChI is InChI=1S/C47H55F2N9O4S2/c1-5-27-64(61,62)55-37-8-6-7-35(41(37)49)42-43(63-45(54-42)47(2,3)4)38-17-20-50-46(52-38)51-32-11-15-39(36(48)28-32)58-25-23-56(24-26-58)29-30-18-21-57(22-19-30)33-12-9-31(10-13-33)34-14-16-40(59)53-44(34)60/h6-13,15,17,20,28,30,34,55H,5,14,16,18-19,21-27,29H2,1-4H3,(H,50,51,52)(H,53,59,60)/t34-/m1/s1. The van der Waals surface area contributed by atoms with Crippen LogP contribution in [0.3, 0.4) is 0 Å². The van der Waals surface area contributed by atoms with Crippen LogP contribution in [0, 0.1) is 17.6 Å². The molecule has 3 fully saturated rings. The van der Waals surface area contributed by atoms with Gasteiger partial charge in [-0.05, 0) is 85.7 Å². The molecule has 0 spiro atoms. The summed E-state index contributed by atoms with van der Waals surface area (Å²) >= 11 is 1.38. The number of anilines is 5. The molecule has 5 aromatic rings. The summed E-state index contributed by atoms with van der Waals surface area (Å²) in [7, 11) is -3.74. The highest BCUT2D eigenvalue weighted by atomic mass is 32.2. The van der Waals surface area contributed by atoms with Gasteiger partial charge in [-0.2, -0.15) is 0 Å². The number of imide groups is 1. The van der Waals surface area contributed by atoms with Gasteiger partial charge in [0.25, 0.3) is 0 Å². The molecule has 5 heterocycles. The van der Waals surface area contributed by atoms with Gasteiger partial charge in [-0.15, -0.1) is 11.3 Å². The molecule has 3 aliphatic rings. The van der Waals surface area contributed by atoms with Gasteiger partial charge in [0.2, 0.25) is 27.8 Å². The van der Waals surface area contributed by atoms with Crippen LogP contribution in [0.25, 0.3) is 21.8 Å². The number of rotatable bonds is 13. The molecule has 17 heteroatoms. The monoisotopic (exact) mass is 911 g/mol. The third kappa shape index (κ3) is 10.4. The number of benzene rings is 3. The number of piperazine rings is 1. The number of sulfonamides is 1. The van der Waals surface area contributed by atoms with Crippen LogP contribution in [-0.4, -0.2) is 91.7 Å². The lowest BCUT2D eigenvalue weighted by Crippen LogP contribution is -2.49. The number of carbonyl (C=O) groups is 2. The van der Waals surface area contributed by atoms with E-state index in [4.69, 9.17) is 9.97 Å². The summed E-state index contributed by atoms with van der Waals surface area (Å²) in [5, 5.41) is 6.34. The number of amides is 2. The maximum Gasteiger partial charge on any atom is 0.234 e. The van der Waals surface area contributed by atoms with Gasteiger partial charge in [0, 0.05) is 80.8 Å². The predicted octanol–water partition coefficient (Wildman–Crippen LogP) is 8.30. The average Bonchev–Trinajstić information content (AvgIpc) is 3.72. The van der Waals surface area contributed by atoms with Crippen LogP contribution in [0.1, 0.15) is 76.3 Å². The van der Waals surface area contributed by atoms with Gasteiger partial charge in [-0.25, -0.2) is 32.2 Å². The molecule has 0 saturated carbocycles. The smallest absolute Gasteiger partial charge is 0.234 e. The largest absolute Gasteiger partial charge is 0.372 e. The molecule has 8 rings (SSSR count). The number of aromatic nitrogens is 3. The Morgan fingerprint density at radius 3 is 2.33 bits per heavy atom. The van der Waals surface area contributed by atoms with Crippen molar-refractivity contribution in [2.45, 2.75) is 71.1 Å². The van der Waals surface area contributed by atoms with Crippen molar-refractivity contribution in [1.82, 2.24) is 25.2 Å². The van der Waals surface area contributed by atoms with E-state index in [0.29, 0.717) is 52.8 Å². The summed E-state index contributed by atoms with van der Waals surface area (Å²) in [4.78, 5) is 45.4. The second-order valence-electron chi connectivity index (χ2n) is 17.9. The summed E-state index contributed by atoms with van der Waals surface area (Å²) in [6.45, 7) is 13.9. The molecule has 3 N–H and O–H groups in total. The highest BCUT2D eigenvalue weighted by molar-refractivity contribution is 7.92. The van der Waals surface area contributed by atoms with Crippen molar-refractivity contribution in [3.8, 4) is 21.8 Å². The van der Waals surface area contributed by atoms with Crippen LogP contribution in [-0.2, 0) is 25.0 Å². The fourth-order valence-corrected chi connectivity index (χ4v) is 10.9. The van der Waals surface area contributed by atoms with Crippen molar-refractivity contribution in [3.63, 3.8) is 0 Å². The summed E-state index contributed by atoms with van der Waals surface area (Å²) in [5.41, 5.74) is 3.56. The number of carbonyl (C=O) groups excluding carboxylic acids is 2. The fraction of sp³-hybridized carbons (Fsp3) is 0.426. The van der Waals surface area contributed by atoms with E-state index in [2.05, 4.69) is 47.2 Å². The van der Waals surface area contributed by atoms with Crippen molar-refractivity contribution in [2.24, 2.45) is 5.92 Å². The van der Waals surface area contributed by atoms with E-state index in [-0.39, 0.29) is 51.9 Å². The Balaban J connectivity index is 0.869. The van der Waals surface area contributed by atoms with E-state index in [1.165, 1.54) is 23.5 Å². The van der Waals surface area contributed by atoms with Gasteiger partial charge in [0.05, 0.1) is 44.3 Å². The minimum atomic E-state index is -3.74. The molecular weight excluding hydrogens is 857 g/mol. The van der Waals surface area contributed by atoms with E-state index < -0.39 is 15.8 Å². The molecule has 1 atom stereocenters. The normalized spacial score (nSPS) is 18.0. The third-order valence-corrected chi connectivity index (χ3v) is 15.1. The van der Waals surface area contributed by atoms with Gasteiger partial charge < -0.3 is 15.1 Å². The van der Waals surface area contributed by atoms with Crippen LogP contribution in [0.4, 0.5) is 37.5 Å². The molecule has 0 unspecified atom stereocenters. The Labute approximate surface area is 377 Å². The first-order chi connectivity index (χ1) is 30.6. The molecule has 3 aromatic carbocycles. The quantitative estimate of drug-likeness (QED) is 0.0979. The molecule has 2 aromatic heterocycles. The van der Waals surface area contributed by atoms with E-state index in [1.54, 1.807) is 37.4 Å². The number of nitrogens with zero attached hydrogens (tertiary/aromatic N) is 6. The zero-order valence-corrected chi connectivity index (χ0v) is 38.3. The Kier molecular flexibility index (Phi) is 13.3. The lowest BCUT2D eigenvalue weighted by molar-refractivity contribution is -0.134. The molecule has 0 radical (unpaired) electrons. The predicted molar refractivity (Wildman–Crippen MR) is 250 cm³/mol.